The Kier molecular flexibility index (Phi) is 7.31. The van der Waals surface area contributed by atoms with Crippen LogP contribution in [-0.2, 0) is 16.0 Å². The minimum absolute atomic E-state index is 0.0231. The molecule has 2 aromatic carbocycles. The van der Waals surface area contributed by atoms with Crippen LogP contribution in [0, 0.1) is 11.3 Å². The Bertz CT molecular complexity index is 1150. The molecule has 0 aliphatic carbocycles. The van der Waals surface area contributed by atoms with Gasteiger partial charge in [0.1, 0.15) is 17.6 Å². The molecular formula is C24H24N4O5. The maximum absolute atomic E-state index is 12.5. The van der Waals surface area contributed by atoms with Crippen molar-refractivity contribution < 1.29 is 23.5 Å². The number of carbonyl (C=O) groups is 2. The first-order valence-corrected chi connectivity index (χ1v) is 10.1. The largest absolute Gasteiger partial charge is 0.496 e. The fraction of sp³-hybridized carbons (Fsp3) is 0.250. The van der Waals surface area contributed by atoms with Crippen molar-refractivity contribution in [3.63, 3.8) is 0 Å². The van der Waals surface area contributed by atoms with Crippen LogP contribution >= 0.6 is 0 Å². The number of methoxy groups -OCH3 is 1. The topological polar surface area (TPSA) is 126 Å². The SMILES string of the molecule is COc1cc(NC(=O)C(=O)NC(C)(C)Cc2ccc(OCC#N)cc2)ccc1-c1cnco1. The van der Waals surface area contributed by atoms with Crippen molar-refractivity contribution in [1.82, 2.24) is 10.3 Å². The van der Waals surface area contributed by atoms with Crippen LogP contribution in [0.5, 0.6) is 11.5 Å². The summed E-state index contributed by atoms with van der Waals surface area (Å²) in [6.45, 7) is 3.63. The van der Waals surface area contributed by atoms with Gasteiger partial charge in [-0.25, -0.2) is 4.98 Å². The van der Waals surface area contributed by atoms with Gasteiger partial charge < -0.3 is 24.5 Å². The lowest BCUT2D eigenvalue weighted by atomic mass is 9.95. The summed E-state index contributed by atoms with van der Waals surface area (Å²) in [5, 5.41) is 13.9. The predicted molar refractivity (Wildman–Crippen MR) is 121 cm³/mol. The van der Waals surface area contributed by atoms with Crippen LogP contribution in [0.25, 0.3) is 11.3 Å². The molecular weight excluding hydrogens is 424 g/mol. The van der Waals surface area contributed by atoms with Crippen LogP contribution < -0.4 is 20.1 Å². The molecule has 0 bridgehead atoms. The van der Waals surface area contributed by atoms with Crippen molar-refractivity contribution in [3.8, 4) is 28.9 Å². The van der Waals surface area contributed by atoms with E-state index in [2.05, 4.69) is 15.6 Å². The van der Waals surface area contributed by atoms with E-state index in [1.54, 1.807) is 36.5 Å². The number of nitrogens with one attached hydrogen (secondary N) is 2. The summed E-state index contributed by atoms with van der Waals surface area (Å²) in [6.07, 6.45) is 3.36. The average molecular weight is 448 g/mol. The number of rotatable bonds is 8. The van der Waals surface area contributed by atoms with Crippen LogP contribution in [0.3, 0.4) is 0 Å². The van der Waals surface area contributed by atoms with Gasteiger partial charge in [-0.05, 0) is 50.1 Å². The molecule has 2 amide bonds. The lowest BCUT2D eigenvalue weighted by molar-refractivity contribution is -0.137. The molecule has 9 heteroatoms. The Morgan fingerprint density at radius 1 is 1.15 bits per heavy atom. The molecule has 0 unspecified atom stereocenters. The van der Waals surface area contributed by atoms with Gasteiger partial charge >= 0.3 is 11.8 Å². The number of nitrogens with zero attached hydrogens (tertiary/aromatic N) is 2. The summed E-state index contributed by atoms with van der Waals surface area (Å²) in [7, 11) is 1.50. The molecule has 0 radical (unpaired) electrons. The van der Waals surface area contributed by atoms with Crippen LogP contribution in [0.15, 0.2) is 59.5 Å². The van der Waals surface area contributed by atoms with E-state index in [-0.39, 0.29) is 6.61 Å². The normalized spacial score (nSPS) is 10.7. The second-order valence-corrected chi connectivity index (χ2v) is 7.84. The Morgan fingerprint density at radius 2 is 1.91 bits per heavy atom. The quantitative estimate of drug-likeness (QED) is 0.506. The van der Waals surface area contributed by atoms with Gasteiger partial charge in [0.2, 0.25) is 0 Å². The highest BCUT2D eigenvalue weighted by atomic mass is 16.5. The maximum atomic E-state index is 12.5. The Hall–Kier alpha value is -4.32. The first-order chi connectivity index (χ1) is 15.8. The number of hydrogen-bond donors (Lipinski definition) is 2. The summed E-state index contributed by atoms with van der Waals surface area (Å²) in [6, 6.07) is 14.1. The van der Waals surface area contributed by atoms with E-state index >= 15 is 0 Å². The second-order valence-electron chi connectivity index (χ2n) is 7.84. The number of benzene rings is 2. The van der Waals surface area contributed by atoms with Crippen molar-refractivity contribution in [1.29, 1.82) is 5.26 Å². The number of anilines is 1. The highest BCUT2D eigenvalue weighted by Crippen LogP contribution is 2.32. The Labute approximate surface area is 191 Å². The number of aromatic nitrogens is 1. The number of oxazole rings is 1. The molecule has 0 atom stereocenters. The zero-order valence-corrected chi connectivity index (χ0v) is 18.5. The van der Waals surface area contributed by atoms with Crippen molar-refractivity contribution in [2.24, 2.45) is 0 Å². The van der Waals surface area contributed by atoms with E-state index in [9.17, 15) is 9.59 Å². The molecule has 0 saturated heterocycles. The predicted octanol–water partition coefficient (Wildman–Crippen LogP) is 3.33. The van der Waals surface area contributed by atoms with Crippen molar-refractivity contribution in [2.75, 3.05) is 19.0 Å². The van der Waals surface area contributed by atoms with Gasteiger partial charge in [0.05, 0.1) is 18.9 Å². The molecule has 2 N–H and O–H groups in total. The average Bonchev–Trinajstić information content (AvgIpc) is 3.32. The van der Waals surface area contributed by atoms with Gasteiger partial charge in [-0.15, -0.1) is 0 Å². The van der Waals surface area contributed by atoms with Crippen LogP contribution in [0.2, 0.25) is 0 Å². The standard InChI is InChI=1S/C24H24N4O5/c1-24(2,13-16-4-7-18(8-5-16)32-11-10-25)28-23(30)22(29)27-17-6-9-19(20(12-17)31-3)21-14-26-15-33-21/h4-9,12,14-15H,11,13H2,1-3H3,(H,27,29)(H,28,30). The molecule has 1 aromatic heterocycles. The maximum Gasteiger partial charge on any atom is 0.313 e. The summed E-state index contributed by atoms with van der Waals surface area (Å²) in [5.74, 6) is 0.0256. The molecule has 0 fully saturated rings. The Balaban J connectivity index is 1.60. The fourth-order valence-electron chi connectivity index (χ4n) is 3.25. The van der Waals surface area contributed by atoms with E-state index in [1.807, 2.05) is 32.0 Å². The first kappa shape index (κ1) is 23.3. The molecule has 9 nitrogen and oxygen atoms in total. The minimum atomic E-state index is -0.794. The van der Waals surface area contributed by atoms with E-state index < -0.39 is 17.4 Å². The third kappa shape index (κ3) is 6.33. The molecule has 3 aromatic rings. The zero-order valence-electron chi connectivity index (χ0n) is 18.5. The van der Waals surface area contributed by atoms with Crippen molar-refractivity contribution >= 4 is 17.5 Å². The minimum Gasteiger partial charge on any atom is -0.496 e. The Morgan fingerprint density at radius 3 is 2.55 bits per heavy atom. The van der Waals surface area contributed by atoms with Crippen molar-refractivity contribution in [2.45, 2.75) is 25.8 Å². The molecule has 0 spiro atoms. The van der Waals surface area contributed by atoms with Gasteiger partial charge in [0.25, 0.3) is 0 Å². The number of ether oxygens (including phenoxy) is 2. The molecule has 33 heavy (non-hydrogen) atoms. The van der Waals surface area contributed by atoms with Crippen LogP contribution in [0.1, 0.15) is 19.4 Å². The fourth-order valence-corrected chi connectivity index (χ4v) is 3.25. The number of amides is 2. The van der Waals surface area contributed by atoms with E-state index in [1.165, 1.54) is 13.5 Å². The van der Waals surface area contributed by atoms with Gasteiger partial charge in [0, 0.05) is 17.3 Å². The van der Waals surface area contributed by atoms with E-state index in [4.69, 9.17) is 19.2 Å². The second kappa shape index (κ2) is 10.3. The lowest BCUT2D eigenvalue weighted by Gasteiger charge is -2.26. The molecule has 3 rings (SSSR count). The first-order valence-electron chi connectivity index (χ1n) is 10.1. The highest BCUT2D eigenvalue weighted by Gasteiger charge is 2.25. The molecule has 0 aliphatic rings. The number of nitriles is 1. The highest BCUT2D eigenvalue weighted by molar-refractivity contribution is 6.39. The third-order valence-electron chi connectivity index (χ3n) is 4.69. The number of hydrogen-bond acceptors (Lipinski definition) is 7. The number of carbonyl (C=O) groups excluding carboxylic acids is 2. The molecule has 170 valence electrons. The van der Waals surface area contributed by atoms with Gasteiger partial charge in [-0.1, -0.05) is 12.1 Å². The molecule has 0 saturated carbocycles. The smallest absolute Gasteiger partial charge is 0.313 e. The van der Waals surface area contributed by atoms with Crippen molar-refractivity contribution in [3.05, 3.63) is 60.6 Å². The van der Waals surface area contributed by atoms with Gasteiger partial charge in [0.15, 0.2) is 18.8 Å². The third-order valence-corrected chi connectivity index (χ3v) is 4.69. The zero-order chi connectivity index (χ0) is 23.8. The van der Waals surface area contributed by atoms with Gasteiger partial charge in [-0.2, -0.15) is 5.26 Å². The molecule has 0 aliphatic heterocycles. The lowest BCUT2D eigenvalue weighted by Crippen LogP contribution is -2.49. The monoisotopic (exact) mass is 448 g/mol. The summed E-state index contributed by atoms with van der Waals surface area (Å²) in [5.41, 5.74) is 1.33. The van der Waals surface area contributed by atoms with Crippen LogP contribution in [0.4, 0.5) is 5.69 Å². The van der Waals surface area contributed by atoms with Gasteiger partial charge in [-0.3, -0.25) is 9.59 Å². The summed E-state index contributed by atoms with van der Waals surface area (Å²) in [4.78, 5) is 28.9. The van der Waals surface area contributed by atoms with E-state index in [0.717, 1.165) is 5.56 Å². The summed E-state index contributed by atoms with van der Waals surface area (Å²) < 4.78 is 15.9. The van der Waals surface area contributed by atoms with Crippen LogP contribution in [-0.4, -0.2) is 36.1 Å². The van der Waals surface area contributed by atoms with E-state index in [0.29, 0.717) is 34.9 Å². The summed E-state index contributed by atoms with van der Waals surface area (Å²) >= 11 is 0. The molecule has 1 heterocycles.